The molecular formula is C16H26O2. The lowest BCUT2D eigenvalue weighted by molar-refractivity contribution is -0.137. The lowest BCUT2D eigenvalue weighted by atomic mass is 9.44. The molecule has 0 unspecified atom stereocenters. The average Bonchev–Trinajstić information content (AvgIpc) is 3.00. The van der Waals surface area contributed by atoms with Crippen LogP contribution in [0.2, 0.25) is 0 Å². The number of hydrogen-bond donors (Lipinski definition) is 0. The van der Waals surface area contributed by atoms with Crippen LogP contribution in [0.1, 0.15) is 60.8 Å². The standard InChI is InChI=1S/C16H26O2/c1-10-11(2)14(5,6)16-12(17)8-7-9-15(16,18-16)13(10,3)4/h10-11H,7-9H2,1-6H3/t10-,11-,15+,16-/m0/s1. The first-order valence-electron chi connectivity index (χ1n) is 7.38. The third kappa shape index (κ3) is 0.941. The van der Waals surface area contributed by atoms with Crippen LogP contribution in [0.3, 0.4) is 0 Å². The molecule has 3 fully saturated rings. The van der Waals surface area contributed by atoms with Crippen LogP contribution >= 0.6 is 0 Å². The Labute approximate surface area is 110 Å². The van der Waals surface area contributed by atoms with Crippen LogP contribution in [-0.2, 0) is 9.53 Å². The predicted octanol–water partition coefficient (Wildman–Crippen LogP) is 3.59. The summed E-state index contributed by atoms with van der Waals surface area (Å²) in [5.41, 5.74) is -0.601. The molecule has 0 radical (unpaired) electrons. The van der Waals surface area contributed by atoms with Crippen LogP contribution in [0.25, 0.3) is 0 Å². The van der Waals surface area contributed by atoms with Gasteiger partial charge in [0, 0.05) is 11.8 Å². The summed E-state index contributed by atoms with van der Waals surface area (Å²) < 4.78 is 6.35. The van der Waals surface area contributed by atoms with Gasteiger partial charge in [-0.15, -0.1) is 0 Å². The second kappa shape index (κ2) is 3.03. The minimum Gasteiger partial charge on any atom is -0.353 e. The van der Waals surface area contributed by atoms with Gasteiger partial charge in [0.25, 0.3) is 0 Å². The number of Topliss-reactive ketones (excluding diaryl/α,β-unsaturated/α-hetero) is 1. The van der Waals surface area contributed by atoms with Crippen LogP contribution in [0.4, 0.5) is 0 Å². The molecule has 0 N–H and O–H groups in total. The molecule has 4 atom stereocenters. The summed E-state index contributed by atoms with van der Waals surface area (Å²) in [6.45, 7) is 13.7. The Hall–Kier alpha value is -0.370. The number of carbonyl (C=O) groups is 1. The highest BCUT2D eigenvalue weighted by Gasteiger charge is 2.88. The molecule has 2 aliphatic carbocycles. The molecule has 1 heterocycles. The van der Waals surface area contributed by atoms with E-state index >= 15 is 0 Å². The molecule has 1 saturated heterocycles. The maximum absolute atomic E-state index is 12.6. The SMILES string of the molecule is C[C@H]1[C@H](C)C(C)(C)[C@]23O[C@]2(CCCC3=O)C1(C)C. The van der Waals surface area contributed by atoms with Gasteiger partial charge in [-0.05, 0) is 30.1 Å². The quantitative estimate of drug-likeness (QED) is 0.615. The third-order valence-electron chi connectivity index (χ3n) is 7.15. The second-order valence-electron chi connectivity index (χ2n) is 7.91. The Balaban J connectivity index is 2.20. The molecule has 0 aromatic heterocycles. The van der Waals surface area contributed by atoms with Gasteiger partial charge < -0.3 is 4.74 Å². The molecule has 0 spiro atoms. The number of ketones is 1. The van der Waals surface area contributed by atoms with Gasteiger partial charge >= 0.3 is 0 Å². The van der Waals surface area contributed by atoms with Crippen LogP contribution in [0.15, 0.2) is 0 Å². The van der Waals surface area contributed by atoms with Crippen LogP contribution in [-0.4, -0.2) is 17.0 Å². The minimum absolute atomic E-state index is 0.0422. The summed E-state index contributed by atoms with van der Waals surface area (Å²) in [6, 6.07) is 0. The van der Waals surface area contributed by atoms with Gasteiger partial charge in [0.2, 0.25) is 0 Å². The van der Waals surface area contributed by atoms with Gasteiger partial charge in [-0.3, -0.25) is 4.79 Å². The Morgan fingerprint density at radius 2 is 1.61 bits per heavy atom. The number of hydrogen-bond acceptors (Lipinski definition) is 2. The fraction of sp³-hybridized carbons (Fsp3) is 0.938. The molecule has 0 aromatic carbocycles. The molecule has 0 bridgehead atoms. The molecule has 18 heavy (non-hydrogen) atoms. The highest BCUT2D eigenvalue weighted by molar-refractivity contribution is 5.94. The average molecular weight is 250 g/mol. The van der Waals surface area contributed by atoms with Crippen molar-refractivity contribution in [2.24, 2.45) is 22.7 Å². The van der Waals surface area contributed by atoms with Gasteiger partial charge in [-0.25, -0.2) is 0 Å². The van der Waals surface area contributed by atoms with Crippen LogP contribution in [0, 0.1) is 22.7 Å². The van der Waals surface area contributed by atoms with Crippen LogP contribution < -0.4 is 0 Å². The fourth-order valence-electron chi connectivity index (χ4n) is 5.28. The molecule has 0 amide bonds. The van der Waals surface area contributed by atoms with E-state index in [4.69, 9.17) is 4.74 Å². The summed E-state index contributed by atoms with van der Waals surface area (Å²) in [4.78, 5) is 12.6. The smallest absolute Gasteiger partial charge is 0.168 e. The molecule has 1 aliphatic heterocycles. The lowest BCUT2D eigenvalue weighted by Crippen LogP contribution is -2.63. The van der Waals surface area contributed by atoms with Crippen LogP contribution in [0.5, 0.6) is 0 Å². The van der Waals surface area contributed by atoms with Crippen molar-refractivity contribution in [2.75, 3.05) is 0 Å². The molecule has 2 heteroatoms. The van der Waals surface area contributed by atoms with Crippen molar-refractivity contribution < 1.29 is 9.53 Å². The normalized spacial score (nSPS) is 52.4. The summed E-state index contributed by atoms with van der Waals surface area (Å²) in [5, 5.41) is 0. The zero-order chi connectivity index (χ0) is 13.6. The van der Waals surface area contributed by atoms with Crippen molar-refractivity contribution >= 4 is 5.78 Å². The van der Waals surface area contributed by atoms with Crippen molar-refractivity contribution in [1.29, 1.82) is 0 Å². The zero-order valence-corrected chi connectivity index (χ0v) is 12.6. The second-order valence-corrected chi connectivity index (χ2v) is 7.91. The van der Waals surface area contributed by atoms with Gasteiger partial charge in [-0.2, -0.15) is 0 Å². The molecule has 3 aliphatic rings. The van der Waals surface area contributed by atoms with Gasteiger partial charge in [0.1, 0.15) is 5.60 Å². The van der Waals surface area contributed by atoms with E-state index in [1.165, 1.54) is 0 Å². The van der Waals surface area contributed by atoms with Crippen molar-refractivity contribution in [2.45, 2.75) is 72.0 Å². The monoisotopic (exact) mass is 250 g/mol. The van der Waals surface area contributed by atoms with Crippen molar-refractivity contribution in [3.63, 3.8) is 0 Å². The number of epoxide rings is 1. The zero-order valence-electron chi connectivity index (χ0n) is 12.6. The van der Waals surface area contributed by atoms with E-state index in [1.807, 2.05) is 0 Å². The van der Waals surface area contributed by atoms with Crippen molar-refractivity contribution in [1.82, 2.24) is 0 Å². The summed E-state index contributed by atoms with van der Waals surface area (Å²) in [6.07, 6.45) is 2.77. The predicted molar refractivity (Wildman–Crippen MR) is 71.3 cm³/mol. The Morgan fingerprint density at radius 3 is 2.22 bits per heavy atom. The molecule has 3 rings (SSSR count). The van der Waals surface area contributed by atoms with E-state index in [0.29, 0.717) is 24.0 Å². The highest BCUT2D eigenvalue weighted by Crippen LogP contribution is 2.77. The van der Waals surface area contributed by atoms with E-state index in [9.17, 15) is 4.79 Å². The maximum Gasteiger partial charge on any atom is 0.168 e. The number of ether oxygens (including phenoxy) is 1. The van der Waals surface area contributed by atoms with E-state index in [-0.39, 0.29) is 16.4 Å². The Bertz CT molecular complexity index is 423. The summed E-state index contributed by atoms with van der Waals surface area (Å²) >= 11 is 0. The molecule has 2 saturated carbocycles. The maximum atomic E-state index is 12.6. The van der Waals surface area contributed by atoms with Gasteiger partial charge in [0.05, 0.1) is 0 Å². The van der Waals surface area contributed by atoms with Gasteiger partial charge in [-0.1, -0.05) is 41.5 Å². The minimum atomic E-state index is -0.478. The summed E-state index contributed by atoms with van der Waals surface area (Å²) in [7, 11) is 0. The topological polar surface area (TPSA) is 29.6 Å². The molecule has 102 valence electrons. The highest BCUT2D eigenvalue weighted by atomic mass is 16.6. The Morgan fingerprint density at radius 1 is 1.06 bits per heavy atom. The van der Waals surface area contributed by atoms with Crippen molar-refractivity contribution in [3.8, 4) is 0 Å². The van der Waals surface area contributed by atoms with E-state index < -0.39 is 5.60 Å². The van der Waals surface area contributed by atoms with E-state index in [1.54, 1.807) is 0 Å². The van der Waals surface area contributed by atoms with E-state index in [2.05, 4.69) is 41.5 Å². The largest absolute Gasteiger partial charge is 0.353 e. The lowest BCUT2D eigenvalue weighted by Gasteiger charge is -2.55. The Kier molecular flexibility index (Phi) is 2.13. The molecule has 0 aromatic rings. The summed E-state index contributed by atoms with van der Waals surface area (Å²) in [5.74, 6) is 1.45. The fourth-order valence-corrected chi connectivity index (χ4v) is 5.28. The molecular weight excluding hydrogens is 224 g/mol. The van der Waals surface area contributed by atoms with Crippen molar-refractivity contribution in [3.05, 3.63) is 0 Å². The first-order valence-corrected chi connectivity index (χ1v) is 7.38. The van der Waals surface area contributed by atoms with E-state index in [0.717, 1.165) is 12.8 Å². The third-order valence-corrected chi connectivity index (χ3v) is 7.15. The number of carbonyl (C=O) groups excluding carboxylic acids is 1. The van der Waals surface area contributed by atoms with Gasteiger partial charge in [0.15, 0.2) is 11.4 Å². The first kappa shape index (κ1) is 12.7. The number of rotatable bonds is 0. The molecule has 2 nitrogen and oxygen atoms in total. The first-order chi connectivity index (χ1) is 8.15.